The van der Waals surface area contributed by atoms with E-state index in [-0.39, 0.29) is 11.8 Å². The highest BCUT2D eigenvalue weighted by atomic mass is 35.5. The first-order valence-corrected chi connectivity index (χ1v) is 13.4. The van der Waals surface area contributed by atoms with Crippen LogP contribution in [-0.2, 0) is 6.42 Å². The summed E-state index contributed by atoms with van der Waals surface area (Å²) in [5.74, 6) is 0.353. The lowest BCUT2D eigenvalue weighted by atomic mass is 9.99. The second-order valence-corrected chi connectivity index (χ2v) is 10.2. The summed E-state index contributed by atoms with van der Waals surface area (Å²) in [6.45, 7) is 6.37. The van der Waals surface area contributed by atoms with Crippen LogP contribution in [0, 0.1) is 20.8 Å². The average molecular weight is 553 g/mol. The maximum atomic E-state index is 13.6. The first kappa shape index (κ1) is 27.1. The van der Waals surface area contributed by atoms with Gasteiger partial charge in [-0.1, -0.05) is 46.6 Å². The van der Waals surface area contributed by atoms with Gasteiger partial charge < -0.3 is 15.2 Å². The number of benzene rings is 3. The van der Waals surface area contributed by atoms with Gasteiger partial charge in [0.15, 0.2) is 0 Å². The molecule has 202 valence electrons. The van der Waals surface area contributed by atoms with E-state index >= 15 is 0 Å². The predicted octanol–water partition coefficient (Wildman–Crippen LogP) is 7.08. The summed E-state index contributed by atoms with van der Waals surface area (Å²) in [7, 11) is 0. The van der Waals surface area contributed by atoms with Gasteiger partial charge >= 0.3 is 0 Å². The van der Waals surface area contributed by atoms with Crippen LogP contribution in [0.2, 0.25) is 5.02 Å². The van der Waals surface area contributed by atoms with Gasteiger partial charge in [-0.25, -0.2) is 4.98 Å². The van der Waals surface area contributed by atoms with Crippen molar-refractivity contribution in [3.63, 3.8) is 0 Å². The Bertz CT molecular complexity index is 1710. The molecule has 0 saturated heterocycles. The van der Waals surface area contributed by atoms with Gasteiger partial charge in [0, 0.05) is 46.3 Å². The molecule has 0 aliphatic rings. The number of halogens is 1. The third kappa shape index (κ3) is 6.05. The molecule has 0 saturated carbocycles. The van der Waals surface area contributed by atoms with Gasteiger partial charge in [0.05, 0.1) is 22.5 Å². The molecule has 2 amide bonds. The van der Waals surface area contributed by atoms with Gasteiger partial charge in [-0.05, 0) is 75.2 Å². The van der Waals surface area contributed by atoms with Crippen molar-refractivity contribution in [2.45, 2.75) is 33.6 Å². The molecule has 3 aromatic carbocycles. The van der Waals surface area contributed by atoms with Gasteiger partial charge in [-0.2, -0.15) is 0 Å². The summed E-state index contributed by atoms with van der Waals surface area (Å²) in [5.41, 5.74) is 6.57. The van der Waals surface area contributed by atoms with E-state index in [2.05, 4.69) is 15.8 Å². The van der Waals surface area contributed by atoms with Crippen LogP contribution < -0.4 is 10.6 Å². The minimum absolute atomic E-state index is 0.179. The van der Waals surface area contributed by atoms with Gasteiger partial charge in [0.25, 0.3) is 11.8 Å². The molecule has 40 heavy (non-hydrogen) atoms. The molecule has 5 rings (SSSR count). The third-order valence-corrected chi connectivity index (χ3v) is 6.94. The molecule has 7 nitrogen and oxygen atoms in total. The van der Waals surface area contributed by atoms with Gasteiger partial charge in [-0.3, -0.25) is 9.59 Å². The Kier molecular flexibility index (Phi) is 7.94. The zero-order valence-corrected chi connectivity index (χ0v) is 23.3. The predicted molar refractivity (Wildman–Crippen MR) is 158 cm³/mol. The largest absolute Gasteiger partial charge is 0.361 e. The van der Waals surface area contributed by atoms with Crippen molar-refractivity contribution >= 4 is 40.0 Å². The van der Waals surface area contributed by atoms with Crippen molar-refractivity contribution in [1.82, 2.24) is 15.5 Å². The highest BCUT2D eigenvalue weighted by Gasteiger charge is 2.17. The zero-order chi connectivity index (χ0) is 28.2. The summed E-state index contributed by atoms with van der Waals surface area (Å²) < 4.78 is 5.20. The Balaban J connectivity index is 1.32. The van der Waals surface area contributed by atoms with Crippen LogP contribution in [0.4, 0.5) is 5.69 Å². The number of hydrogen-bond donors (Lipinski definition) is 2. The van der Waals surface area contributed by atoms with Crippen LogP contribution in [0.1, 0.15) is 49.7 Å². The SMILES string of the molecule is Cc1cc(C)c2nc(-c3ccccc3Cl)cc(C(=O)Nc3ccc(C(=O)NCCCc4cc(C)no4)cc3)c2c1. The first-order chi connectivity index (χ1) is 19.3. The van der Waals surface area contributed by atoms with Gasteiger partial charge in [0.2, 0.25) is 0 Å². The van der Waals surface area contributed by atoms with Gasteiger partial charge in [0.1, 0.15) is 5.76 Å². The number of aryl methyl sites for hydroxylation is 4. The molecule has 8 heteroatoms. The van der Waals surface area contributed by atoms with E-state index in [9.17, 15) is 9.59 Å². The monoisotopic (exact) mass is 552 g/mol. The molecular formula is C32H29ClN4O3. The quantitative estimate of drug-likeness (QED) is 0.200. The minimum Gasteiger partial charge on any atom is -0.361 e. The molecule has 2 heterocycles. The Hall–Kier alpha value is -4.49. The fraction of sp³-hybridized carbons (Fsp3) is 0.188. The second-order valence-electron chi connectivity index (χ2n) is 9.84. The molecule has 2 N–H and O–H groups in total. The standard InChI is InChI=1S/C32H29ClN4O3/c1-19-15-20(2)30-26(16-19)27(18-29(36-30)25-8-4-5-9-28(25)33)32(39)35-23-12-10-22(11-13-23)31(38)34-14-6-7-24-17-21(3)37-40-24/h4-5,8-13,15-18H,6-7,14H2,1-3H3,(H,34,38)(H,35,39). The highest BCUT2D eigenvalue weighted by Crippen LogP contribution is 2.32. The Morgan fingerprint density at radius 2 is 1.70 bits per heavy atom. The molecule has 0 bridgehead atoms. The van der Waals surface area contributed by atoms with Crippen LogP contribution in [0.15, 0.2) is 77.3 Å². The molecule has 0 spiro atoms. The molecule has 0 unspecified atom stereocenters. The number of carbonyl (C=O) groups excluding carboxylic acids is 2. The van der Waals surface area contributed by atoms with E-state index in [1.165, 1.54) is 0 Å². The number of amides is 2. The van der Waals surface area contributed by atoms with E-state index in [4.69, 9.17) is 21.1 Å². The number of nitrogens with zero attached hydrogens (tertiary/aromatic N) is 2. The number of carbonyl (C=O) groups is 2. The third-order valence-electron chi connectivity index (χ3n) is 6.61. The fourth-order valence-electron chi connectivity index (χ4n) is 4.68. The smallest absolute Gasteiger partial charge is 0.256 e. The van der Waals surface area contributed by atoms with Crippen molar-refractivity contribution in [2.24, 2.45) is 0 Å². The molecule has 0 radical (unpaired) electrons. The normalized spacial score (nSPS) is 11.0. The molecule has 0 fully saturated rings. The van der Waals surface area contributed by atoms with E-state index in [1.807, 2.05) is 57.2 Å². The maximum absolute atomic E-state index is 13.6. The summed E-state index contributed by atoms with van der Waals surface area (Å²) >= 11 is 6.47. The average Bonchev–Trinajstić information content (AvgIpc) is 3.36. The number of aromatic nitrogens is 2. The molecule has 0 atom stereocenters. The van der Waals surface area contributed by atoms with Crippen molar-refractivity contribution in [2.75, 3.05) is 11.9 Å². The van der Waals surface area contributed by atoms with E-state index in [1.54, 1.807) is 36.4 Å². The number of fused-ring (bicyclic) bond motifs is 1. The van der Waals surface area contributed by atoms with Crippen molar-refractivity contribution in [3.8, 4) is 11.3 Å². The summed E-state index contributed by atoms with van der Waals surface area (Å²) in [5, 5.41) is 11.1. The number of hydrogen-bond acceptors (Lipinski definition) is 5. The summed E-state index contributed by atoms with van der Waals surface area (Å²) in [6, 6.07) is 22.0. The molecule has 0 aliphatic carbocycles. The summed E-state index contributed by atoms with van der Waals surface area (Å²) in [6.07, 6.45) is 1.44. The second kappa shape index (κ2) is 11.7. The van der Waals surface area contributed by atoms with E-state index in [0.717, 1.165) is 45.5 Å². The van der Waals surface area contributed by atoms with Crippen molar-refractivity contribution in [1.29, 1.82) is 0 Å². The van der Waals surface area contributed by atoms with Crippen LogP contribution in [0.5, 0.6) is 0 Å². The zero-order valence-electron chi connectivity index (χ0n) is 22.5. The Labute approximate surface area is 237 Å². The molecule has 0 aliphatic heterocycles. The lowest BCUT2D eigenvalue weighted by Gasteiger charge is -2.14. The minimum atomic E-state index is -0.273. The molecule has 2 aromatic heterocycles. The van der Waals surface area contributed by atoms with Crippen LogP contribution >= 0.6 is 11.6 Å². The van der Waals surface area contributed by atoms with Crippen LogP contribution in [-0.4, -0.2) is 28.5 Å². The van der Waals surface area contributed by atoms with Crippen LogP contribution in [0.3, 0.4) is 0 Å². The molecular weight excluding hydrogens is 524 g/mol. The lowest BCUT2D eigenvalue weighted by Crippen LogP contribution is -2.24. The van der Waals surface area contributed by atoms with E-state index in [0.29, 0.717) is 40.5 Å². The Morgan fingerprint density at radius 3 is 2.42 bits per heavy atom. The summed E-state index contributed by atoms with van der Waals surface area (Å²) in [4.78, 5) is 31.0. The number of anilines is 1. The number of rotatable bonds is 8. The Morgan fingerprint density at radius 1 is 0.925 bits per heavy atom. The number of nitrogens with one attached hydrogen (secondary N) is 2. The van der Waals surface area contributed by atoms with E-state index < -0.39 is 0 Å². The topological polar surface area (TPSA) is 97.1 Å². The van der Waals surface area contributed by atoms with Crippen molar-refractivity contribution < 1.29 is 14.1 Å². The highest BCUT2D eigenvalue weighted by molar-refractivity contribution is 6.33. The molecule has 5 aromatic rings. The van der Waals surface area contributed by atoms with Crippen molar-refractivity contribution in [3.05, 3.63) is 112 Å². The number of pyridine rings is 1. The van der Waals surface area contributed by atoms with Gasteiger partial charge in [-0.15, -0.1) is 0 Å². The maximum Gasteiger partial charge on any atom is 0.256 e. The fourth-order valence-corrected chi connectivity index (χ4v) is 4.91. The first-order valence-electron chi connectivity index (χ1n) is 13.1. The lowest BCUT2D eigenvalue weighted by molar-refractivity contribution is 0.0952. The van der Waals surface area contributed by atoms with Crippen LogP contribution in [0.25, 0.3) is 22.2 Å².